The second-order valence-corrected chi connectivity index (χ2v) is 3.05. The minimum absolute atomic E-state index is 0.475. The molecule has 0 atom stereocenters. The quantitative estimate of drug-likeness (QED) is 0.307. The van der Waals surface area contributed by atoms with Crippen molar-refractivity contribution < 1.29 is 28.9 Å². The van der Waals surface area contributed by atoms with Gasteiger partial charge in [0.15, 0.2) is 0 Å². The third-order valence-corrected chi connectivity index (χ3v) is 1.78. The number of rotatable bonds is 5. The molecule has 0 aliphatic carbocycles. The van der Waals surface area contributed by atoms with Crippen LogP contribution in [0.25, 0.3) is 0 Å². The highest BCUT2D eigenvalue weighted by atomic mass is 16.7. The van der Waals surface area contributed by atoms with E-state index in [-0.39, 0.29) is 0 Å². The predicted octanol–water partition coefficient (Wildman–Crippen LogP) is 0.0722. The summed E-state index contributed by atoms with van der Waals surface area (Å²) in [7, 11) is 0. The molecule has 0 N–H and O–H groups in total. The Morgan fingerprint density at radius 3 is 2.05 bits per heavy atom. The lowest BCUT2D eigenvalue weighted by Crippen LogP contribution is -1.99. The second kappa shape index (κ2) is 5.48. The molecule has 0 saturated heterocycles. The Bertz CT molecular complexity index is 786. The van der Waals surface area contributed by atoms with Gasteiger partial charge in [-0.2, -0.15) is 0 Å². The molecule has 0 spiro atoms. The number of hydrogen-bond acceptors (Lipinski definition) is 13. The topological polar surface area (TPSA) is 241 Å². The zero-order valence-electron chi connectivity index (χ0n) is 9.74. The Hall–Kier alpha value is -4.12. The number of nitro groups is 2. The van der Waals surface area contributed by atoms with E-state index in [0.717, 1.165) is 0 Å². The molecule has 0 saturated carbocycles. The first-order valence-electron chi connectivity index (χ1n) is 4.71. The van der Waals surface area contributed by atoms with Gasteiger partial charge in [-0.3, -0.25) is 0 Å². The van der Waals surface area contributed by atoms with Crippen molar-refractivity contribution in [2.24, 2.45) is 10.3 Å². The average molecular weight is 316 g/mol. The fourth-order valence-corrected chi connectivity index (χ4v) is 1.02. The molecule has 0 aromatic carbocycles. The van der Waals surface area contributed by atoms with Crippen LogP contribution < -0.4 is 0 Å². The van der Waals surface area contributed by atoms with E-state index < -0.39 is 42.9 Å². The smallest absolute Gasteiger partial charge is 0.515 e. The molecular formula is C4N10O8. The third-order valence-electron chi connectivity index (χ3n) is 1.78. The number of azo groups is 1. The van der Waals surface area contributed by atoms with Crippen LogP contribution in [0.3, 0.4) is 0 Å². The van der Waals surface area contributed by atoms with Crippen molar-refractivity contribution in [3.05, 3.63) is 30.6 Å². The molecule has 0 unspecified atom stereocenters. The Morgan fingerprint density at radius 2 is 1.41 bits per heavy atom. The van der Waals surface area contributed by atoms with Gasteiger partial charge in [-0.25, -0.2) is 14.7 Å². The van der Waals surface area contributed by atoms with E-state index >= 15 is 0 Å². The SMILES string of the molecule is O=[N+]([O-])N=[N+]([O-])c1nonc1N=[N+]([O-])c1nonc1[N+](=O)[O-]. The molecule has 2 rings (SSSR count). The van der Waals surface area contributed by atoms with E-state index in [9.17, 15) is 30.6 Å². The van der Waals surface area contributed by atoms with E-state index in [1.807, 2.05) is 0 Å². The van der Waals surface area contributed by atoms with Gasteiger partial charge in [0.05, 0.1) is 0 Å². The van der Waals surface area contributed by atoms with Crippen LogP contribution in [0, 0.1) is 30.6 Å². The van der Waals surface area contributed by atoms with E-state index in [2.05, 4.69) is 40.2 Å². The molecule has 0 bridgehead atoms. The monoisotopic (exact) mass is 316 g/mol. The molecule has 2 heterocycles. The highest BCUT2D eigenvalue weighted by Crippen LogP contribution is 2.26. The molecule has 0 aliphatic heterocycles. The van der Waals surface area contributed by atoms with Crippen LogP contribution >= 0.6 is 0 Å². The van der Waals surface area contributed by atoms with Crippen LogP contribution in [-0.4, -0.2) is 40.3 Å². The lowest BCUT2D eigenvalue weighted by molar-refractivity contribution is -0.643. The van der Waals surface area contributed by atoms with Crippen LogP contribution in [0.4, 0.5) is 23.3 Å². The molecule has 22 heavy (non-hydrogen) atoms. The highest BCUT2D eigenvalue weighted by molar-refractivity contribution is 5.42. The fourth-order valence-electron chi connectivity index (χ4n) is 1.02. The van der Waals surface area contributed by atoms with Crippen molar-refractivity contribution in [1.29, 1.82) is 0 Å². The summed E-state index contributed by atoms with van der Waals surface area (Å²) in [5, 5.41) is 59.1. The van der Waals surface area contributed by atoms with Crippen molar-refractivity contribution in [2.45, 2.75) is 0 Å². The first-order valence-corrected chi connectivity index (χ1v) is 4.71. The summed E-state index contributed by atoms with van der Waals surface area (Å²) in [5.41, 5.74) is 0. The molecule has 0 amide bonds. The predicted molar refractivity (Wildman–Crippen MR) is 53.3 cm³/mol. The van der Waals surface area contributed by atoms with Gasteiger partial charge in [-0.15, -0.1) is 4.86 Å². The van der Waals surface area contributed by atoms with Gasteiger partial charge in [-0.1, -0.05) is 0 Å². The Kier molecular flexibility index (Phi) is 3.56. The highest BCUT2D eigenvalue weighted by Gasteiger charge is 2.34. The Morgan fingerprint density at radius 1 is 0.818 bits per heavy atom. The van der Waals surface area contributed by atoms with Gasteiger partial charge in [-0.05, 0) is 19.8 Å². The maximum atomic E-state index is 11.6. The zero-order valence-corrected chi connectivity index (χ0v) is 9.74. The zero-order chi connectivity index (χ0) is 16.3. The Balaban J connectivity index is 2.42. The van der Waals surface area contributed by atoms with Gasteiger partial charge in [0.2, 0.25) is 10.3 Å². The van der Waals surface area contributed by atoms with Gasteiger partial charge >= 0.3 is 28.5 Å². The van der Waals surface area contributed by atoms with Crippen LogP contribution in [0.5, 0.6) is 0 Å². The summed E-state index contributed by atoms with van der Waals surface area (Å²) < 4.78 is 8.06. The van der Waals surface area contributed by atoms with Crippen molar-refractivity contribution in [1.82, 2.24) is 20.6 Å². The van der Waals surface area contributed by atoms with E-state index in [1.54, 1.807) is 0 Å². The molecular weight excluding hydrogens is 316 g/mol. The van der Waals surface area contributed by atoms with Crippen molar-refractivity contribution in [3.8, 4) is 0 Å². The Labute approximate surface area is 115 Å². The summed E-state index contributed by atoms with van der Waals surface area (Å²) in [6.07, 6.45) is 0. The maximum absolute atomic E-state index is 11.6. The van der Waals surface area contributed by atoms with Crippen molar-refractivity contribution in [3.63, 3.8) is 0 Å². The summed E-state index contributed by atoms with van der Waals surface area (Å²) >= 11 is 0. The second-order valence-electron chi connectivity index (χ2n) is 3.05. The molecule has 18 heteroatoms. The largest absolute Gasteiger partial charge is 0.690 e. The van der Waals surface area contributed by atoms with Gasteiger partial charge < -0.3 is 20.5 Å². The standard InChI is InChI=1S/C4N10O8/c15-11(3-4(13(17)18)9-22-8-3)5-1-2(7-21-6-1)12(16)10-14(19)20. The van der Waals surface area contributed by atoms with Gasteiger partial charge in [0.25, 0.3) is 5.03 Å². The summed E-state index contributed by atoms with van der Waals surface area (Å²) in [5.74, 6) is -3.84. The first-order chi connectivity index (χ1) is 10.4. The van der Waals surface area contributed by atoms with Crippen molar-refractivity contribution in [2.75, 3.05) is 0 Å². The molecule has 0 radical (unpaired) electrons. The first kappa shape index (κ1) is 14.3. The van der Waals surface area contributed by atoms with Gasteiger partial charge in [0.1, 0.15) is 0 Å². The van der Waals surface area contributed by atoms with E-state index in [0.29, 0.717) is 0 Å². The van der Waals surface area contributed by atoms with Crippen LogP contribution in [-0.2, 0) is 0 Å². The van der Waals surface area contributed by atoms with E-state index in [4.69, 9.17) is 0 Å². The van der Waals surface area contributed by atoms with Crippen LogP contribution in [0.1, 0.15) is 0 Å². The minimum Gasteiger partial charge on any atom is -0.690 e. The minimum atomic E-state index is -1.35. The lowest BCUT2D eigenvalue weighted by Gasteiger charge is -1.96. The number of aromatic nitrogens is 4. The van der Waals surface area contributed by atoms with Gasteiger partial charge in [0, 0.05) is 10.0 Å². The molecule has 2 aromatic heterocycles. The third kappa shape index (κ3) is 2.73. The summed E-state index contributed by atoms with van der Waals surface area (Å²) in [6.45, 7) is 0. The number of nitrogens with zero attached hydrogens (tertiary/aromatic N) is 10. The molecule has 114 valence electrons. The number of hydrogen-bond donors (Lipinski definition) is 0. The normalized spacial score (nSPS) is 12.4. The molecule has 2 aromatic rings. The lowest BCUT2D eigenvalue weighted by atomic mass is 10.6. The fraction of sp³-hybridized carbons (Fsp3) is 0. The maximum Gasteiger partial charge on any atom is 0.515 e. The van der Waals surface area contributed by atoms with E-state index in [1.165, 1.54) is 0 Å². The summed E-state index contributed by atoms with van der Waals surface area (Å²) in [6, 6.07) is 0. The molecule has 0 fully saturated rings. The molecule has 18 nitrogen and oxygen atoms in total. The average Bonchev–Trinajstić information content (AvgIpc) is 3.05. The van der Waals surface area contributed by atoms with Crippen molar-refractivity contribution >= 4 is 23.3 Å². The summed E-state index contributed by atoms with van der Waals surface area (Å²) in [4.78, 5) is 18.4. The van der Waals surface area contributed by atoms with Crippen LogP contribution in [0.15, 0.2) is 19.6 Å². The van der Waals surface area contributed by atoms with Crippen LogP contribution in [0.2, 0.25) is 0 Å². The molecule has 0 aliphatic rings.